The zero-order valence-electron chi connectivity index (χ0n) is 13.3. The zero-order chi connectivity index (χ0) is 15.4. The van der Waals surface area contributed by atoms with Crippen LogP contribution >= 0.6 is 11.8 Å². The first-order valence-corrected chi connectivity index (χ1v) is 9.48. The highest BCUT2D eigenvalue weighted by molar-refractivity contribution is 7.98. The topological polar surface area (TPSA) is 52.5 Å². The summed E-state index contributed by atoms with van der Waals surface area (Å²) in [5, 5.41) is 10.6. The highest BCUT2D eigenvalue weighted by atomic mass is 32.2. The molecule has 2 atom stereocenters. The fourth-order valence-electron chi connectivity index (χ4n) is 3.62. The van der Waals surface area contributed by atoms with E-state index in [0.717, 1.165) is 30.6 Å². The Bertz CT molecular complexity index is 481. The molecule has 0 spiro atoms. The van der Waals surface area contributed by atoms with Crippen LogP contribution < -0.4 is 4.90 Å². The Hall–Kier alpha value is -0.850. The minimum atomic E-state index is 0.273. The second-order valence-electron chi connectivity index (χ2n) is 6.37. The maximum absolute atomic E-state index is 9.75. The van der Waals surface area contributed by atoms with Gasteiger partial charge in [0.25, 0.3) is 0 Å². The van der Waals surface area contributed by atoms with Gasteiger partial charge in [-0.15, -0.1) is 0 Å². The van der Waals surface area contributed by atoms with Crippen LogP contribution in [0.25, 0.3) is 0 Å². The van der Waals surface area contributed by atoms with Crippen LogP contribution in [0.5, 0.6) is 0 Å². The van der Waals surface area contributed by atoms with E-state index in [1.54, 1.807) is 11.8 Å². The molecule has 1 aromatic rings. The first kappa shape index (κ1) is 16.0. The highest BCUT2D eigenvalue weighted by Gasteiger charge is 2.34. The largest absolute Gasteiger partial charge is 0.396 e. The van der Waals surface area contributed by atoms with E-state index in [1.165, 1.54) is 32.4 Å². The lowest BCUT2D eigenvalue weighted by Crippen LogP contribution is -2.37. The Morgan fingerprint density at radius 1 is 1.23 bits per heavy atom. The van der Waals surface area contributed by atoms with Gasteiger partial charge in [0.05, 0.1) is 0 Å². The van der Waals surface area contributed by atoms with Crippen molar-refractivity contribution in [3.8, 4) is 0 Å². The average Bonchev–Trinajstić information content (AvgIpc) is 2.99. The van der Waals surface area contributed by atoms with Gasteiger partial charge in [0.2, 0.25) is 0 Å². The van der Waals surface area contributed by atoms with Crippen molar-refractivity contribution in [1.29, 1.82) is 0 Å². The van der Waals surface area contributed by atoms with Gasteiger partial charge in [-0.2, -0.15) is 0 Å². The number of thioether (sulfide) groups is 1. The molecule has 0 saturated carbocycles. The second kappa shape index (κ2) is 7.62. The lowest BCUT2D eigenvalue weighted by Gasteiger charge is -2.30. The van der Waals surface area contributed by atoms with E-state index in [-0.39, 0.29) is 6.61 Å². The summed E-state index contributed by atoms with van der Waals surface area (Å²) in [5.74, 6) is 1.89. The van der Waals surface area contributed by atoms with E-state index in [4.69, 9.17) is 0 Å². The summed E-state index contributed by atoms with van der Waals surface area (Å²) in [5.41, 5.74) is 0. The van der Waals surface area contributed by atoms with Crippen LogP contribution in [0.3, 0.4) is 0 Å². The lowest BCUT2D eigenvalue weighted by molar-refractivity contribution is 0.149. The monoisotopic (exact) mass is 322 g/mol. The molecular weight excluding hydrogens is 296 g/mol. The maximum Gasteiger partial charge on any atom is 0.189 e. The van der Waals surface area contributed by atoms with Crippen LogP contribution in [-0.2, 0) is 0 Å². The van der Waals surface area contributed by atoms with Crippen LogP contribution in [0.1, 0.15) is 19.3 Å². The quantitative estimate of drug-likeness (QED) is 0.658. The molecule has 0 amide bonds. The average molecular weight is 322 g/mol. The Labute approximate surface area is 137 Å². The van der Waals surface area contributed by atoms with Crippen LogP contribution in [0.2, 0.25) is 0 Å². The number of hydrogen-bond donors (Lipinski definition) is 1. The normalized spacial score (nSPS) is 26.5. The van der Waals surface area contributed by atoms with Gasteiger partial charge < -0.3 is 14.9 Å². The van der Waals surface area contributed by atoms with E-state index in [2.05, 4.69) is 19.8 Å². The molecular formula is C16H26N4OS. The van der Waals surface area contributed by atoms with E-state index >= 15 is 0 Å². The number of aliphatic hydroxyl groups excluding tert-OH is 1. The molecule has 0 aromatic carbocycles. The molecule has 0 bridgehead atoms. The third-order valence-corrected chi connectivity index (χ3v) is 5.44. The van der Waals surface area contributed by atoms with Crippen molar-refractivity contribution in [2.75, 3.05) is 50.5 Å². The van der Waals surface area contributed by atoms with Crippen molar-refractivity contribution in [3.05, 3.63) is 12.3 Å². The Morgan fingerprint density at radius 2 is 2.00 bits per heavy atom. The number of hydrogen-bond acceptors (Lipinski definition) is 6. The van der Waals surface area contributed by atoms with Gasteiger partial charge in [0.1, 0.15) is 5.82 Å². The van der Waals surface area contributed by atoms with E-state index in [1.807, 2.05) is 18.5 Å². The summed E-state index contributed by atoms with van der Waals surface area (Å²) in [6.45, 7) is 5.72. The third-order valence-electron chi connectivity index (χ3n) is 4.88. The van der Waals surface area contributed by atoms with Gasteiger partial charge in [-0.3, -0.25) is 0 Å². The van der Waals surface area contributed by atoms with Crippen LogP contribution in [0.4, 0.5) is 5.82 Å². The number of nitrogens with zero attached hydrogens (tertiary/aromatic N) is 4. The summed E-state index contributed by atoms with van der Waals surface area (Å²) in [6.07, 6.45) is 7.85. The SMILES string of the molecule is CSc1nccc(N2C[C@@H](CN3CCCCC3)[C@@H](CO)C2)n1. The molecule has 0 aliphatic carbocycles. The molecule has 5 nitrogen and oxygen atoms in total. The van der Waals surface area contributed by atoms with Crippen LogP contribution in [-0.4, -0.2) is 65.6 Å². The lowest BCUT2D eigenvalue weighted by atomic mass is 9.95. The van der Waals surface area contributed by atoms with Crippen molar-refractivity contribution in [2.24, 2.45) is 11.8 Å². The number of aliphatic hydroxyl groups is 1. The molecule has 0 unspecified atom stereocenters. The van der Waals surface area contributed by atoms with Crippen molar-refractivity contribution < 1.29 is 5.11 Å². The Balaban J connectivity index is 1.65. The molecule has 1 aromatic heterocycles. The summed E-state index contributed by atoms with van der Waals surface area (Å²) < 4.78 is 0. The second-order valence-corrected chi connectivity index (χ2v) is 7.14. The van der Waals surface area contributed by atoms with Gasteiger partial charge in [-0.05, 0) is 44.2 Å². The number of likely N-dealkylation sites (tertiary alicyclic amines) is 1. The van der Waals surface area contributed by atoms with Gasteiger partial charge >= 0.3 is 0 Å². The number of rotatable bonds is 5. The van der Waals surface area contributed by atoms with Gasteiger partial charge in [0, 0.05) is 38.4 Å². The summed E-state index contributed by atoms with van der Waals surface area (Å²) in [4.78, 5) is 13.7. The molecule has 2 aliphatic heterocycles. The van der Waals surface area contributed by atoms with Crippen LogP contribution in [0, 0.1) is 11.8 Å². The van der Waals surface area contributed by atoms with Crippen molar-refractivity contribution in [2.45, 2.75) is 24.4 Å². The Morgan fingerprint density at radius 3 is 2.73 bits per heavy atom. The first-order chi connectivity index (χ1) is 10.8. The van der Waals surface area contributed by atoms with Crippen LogP contribution in [0.15, 0.2) is 17.4 Å². The smallest absolute Gasteiger partial charge is 0.189 e. The highest BCUT2D eigenvalue weighted by Crippen LogP contribution is 2.29. The molecule has 1 N–H and O–H groups in total. The number of aromatic nitrogens is 2. The maximum atomic E-state index is 9.75. The summed E-state index contributed by atoms with van der Waals surface area (Å²) in [6, 6.07) is 1.98. The van der Waals surface area contributed by atoms with E-state index in [0.29, 0.717) is 11.8 Å². The minimum Gasteiger partial charge on any atom is -0.396 e. The van der Waals surface area contributed by atoms with Crippen molar-refractivity contribution in [1.82, 2.24) is 14.9 Å². The van der Waals surface area contributed by atoms with Gasteiger partial charge in [-0.25, -0.2) is 9.97 Å². The molecule has 22 heavy (non-hydrogen) atoms. The third kappa shape index (κ3) is 3.73. The molecule has 6 heteroatoms. The molecule has 2 saturated heterocycles. The molecule has 2 aliphatic rings. The molecule has 3 heterocycles. The standard InChI is InChI=1S/C16H26N4OS/c1-22-16-17-6-5-15(18-16)20-10-13(14(11-20)12-21)9-19-7-3-2-4-8-19/h5-6,13-14,21H,2-4,7-12H2,1H3/t13-,14-/m1/s1. The minimum absolute atomic E-state index is 0.273. The first-order valence-electron chi connectivity index (χ1n) is 8.25. The van der Waals surface area contributed by atoms with Crippen molar-refractivity contribution >= 4 is 17.6 Å². The summed E-state index contributed by atoms with van der Waals surface area (Å²) in [7, 11) is 0. The zero-order valence-corrected chi connectivity index (χ0v) is 14.1. The van der Waals surface area contributed by atoms with Crippen molar-refractivity contribution in [3.63, 3.8) is 0 Å². The number of piperidine rings is 1. The molecule has 2 fully saturated rings. The van der Waals surface area contributed by atoms with Gasteiger partial charge in [0.15, 0.2) is 5.16 Å². The van der Waals surface area contributed by atoms with E-state index < -0.39 is 0 Å². The number of anilines is 1. The molecule has 122 valence electrons. The Kier molecular flexibility index (Phi) is 5.55. The molecule has 0 radical (unpaired) electrons. The fraction of sp³-hybridized carbons (Fsp3) is 0.750. The fourth-order valence-corrected chi connectivity index (χ4v) is 3.97. The molecule has 3 rings (SSSR count). The predicted molar refractivity (Wildman–Crippen MR) is 90.4 cm³/mol. The van der Waals surface area contributed by atoms with Gasteiger partial charge in [-0.1, -0.05) is 18.2 Å². The van der Waals surface area contributed by atoms with E-state index in [9.17, 15) is 5.11 Å². The predicted octanol–water partition coefficient (Wildman–Crippen LogP) is 1.73. The summed E-state index contributed by atoms with van der Waals surface area (Å²) >= 11 is 1.57.